The average Bonchev–Trinajstić information content (AvgIpc) is 2.62. The molecule has 0 atom stereocenters. The largest absolute Gasteiger partial charge is 0.379 e. The molecule has 2 aromatic carbocycles. The van der Waals surface area contributed by atoms with Gasteiger partial charge in [0.2, 0.25) is 0 Å². The zero-order chi connectivity index (χ0) is 16.4. The van der Waals surface area contributed by atoms with E-state index in [-0.39, 0.29) is 6.03 Å². The van der Waals surface area contributed by atoms with Crippen LogP contribution in [0.5, 0.6) is 0 Å². The zero-order valence-corrected chi connectivity index (χ0v) is 13.5. The van der Waals surface area contributed by atoms with Crippen molar-refractivity contribution in [1.82, 2.24) is 10.2 Å². The molecule has 0 radical (unpaired) electrons. The van der Waals surface area contributed by atoms with Crippen LogP contribution in [-0.4, -0.2) is 37.2 Å². The highest BCUT2D eigenvalue weighted by atomic mass is 16.5. The second-order valence-electron chi connectivity index (χ2n) is 6.27. The number of carbonyl (C=O) groups is 1. The van der Waals surface area contributed by atoms with E-state index in [1.807, 2.05) is 6.07 Å². The lowest BCUT2D eigenvalue weighted by Crippen LogP contribution is -2.35. The van der Waals surface area contributed by atoms with Crippen molar-refractivity contribution in [2.45, 2.75) is 13.1 Å². The van der Waals surface area contributed by atoms with E-state index >= 15 is 0 Å². The number of hydrogen-bond acceptors (Lipinski definition) is 3. The molecule has 124 valence electrons. The summed E-state index contributed by atoms with van der Waals surface area (Å²) in [6, 6.07) is 14.8. The fraction of sp³-hybridized carbons (Fsp3) is 0.316. The van der Waals surface area contributed by atoms with Gasteiger partial charge in [0.25, 0.3) is 0 Å². The third-order valence-corrected chi connectivity index (χ3v) is 4.59. The molecule has 5 heteroatoms. The van der Waals surface area contributed by atoms with E-state index in [1.165, 1.54) is 5.56 Å². The number of hydrogen-bond donors (Lipinski definition) is 2. The molecule has 4 rings (SSSR count). The minimum Gasteiger partial charge on any atom is -0.379 e. The van der Waals surface area contributed by atoms with Crippen LogP contribution in [0.1, 0.15) is 11.1 Å². The lowest BCUT2D eigenvalue weighted by molar-refractivity contribution is 0.0342. The topological polar surface area (TPSA) is 53.6 Å². The fourth-order valence-electron chi connectivity index (χ4n) is 3.19. The molecule has 2 amide bonds. The Hall–Kier alpha value is -2.37. The summed E-state index contributed by atoms with van der Waals surface area (Å²) in [6.45, 7) is 5.21. The monoisotopic (exact) mass is 323 g/mol. The van der Waals surface area contributed by atoms with Crippen molar-refractivity contribution < 1.29 is 9.53 Å². The van der Waals surface area contributed by atoms with Gasteiger partial charge in [-0.2, -0.15) is 0 Å². The van der Waals surface area contributed by atoms with Crippen LogP contribution in [0.25, 0.3) is 11.1 Å². The normalized spacial score (nSPS) is 17.8. The Bertz CT molecular complexity index is 737. The number of fused-ring (bicyclic) bond motifs is 1. The highest BCUT2D eigenvalue weighted by Crippen LogP contribution is 2.27. The van der Waals surface area contributed by atoms with Gasteiger partial charge in [0.05, 0.1) is 13.2 Å². The predicted molar refractivity (Wildman–Crippen MR) is 93.8 cm³/mol. The van der Waals surface area contributed by atoms with E-state index in [9.17, 15) is 4.79 Å². The van der Waals surface area contributed by atoms with E-state index in [4.69, 9.17) is 4.74 Å². The Morgan fingerprint density at radius 1 is 1.00 bits per heavy atom. The van der Waals surface area contributed by atoms with Gasteiger partial charge in [-0.15, -0.1) is 0 Å². The molecule has 0 saturated carbocycles. The molecule has 0 spiro atoms. The Kier molecular flexibility index (Phi) is 4.19. The van der Waals surface area contributed by atoms with Crippen molar-refractivity contribution in [2.24, 2.45) is 0 Å². The summed E-state index contributed by atoms with van der Waals surface area (Å²) in [4.78, 5) is 13.9. The summed E-state index contributed by atoms with van der Waals surface area (Å²) in [7, 11) is 0. The number of nitrogens with zero attached hydrogens (tertiary/aromatic N) is 1. The van der Waals surface area contributed by atoms with Crippen molar-refractivity contribution >= 4 is 11.7 Å². The number of benzene rings is 2. The molecular weight excluding hydrogens is 302 g/mol. The van der Waals surface area contributed by atoms with Crippen LogP contribution in [0, 0.1) is 0 Å². The van der Waals surface area contributed by atoms with E-state index in [1.54, 1.807) is 0 Å². The van der Waals surface area contributed by atoms with Crippen LogP contribution in [0.3, 0.4) is 0 Å². The number of anilines is 1. The summed E-state index contributed by atoms with van der Waals surface area (Å²) in [6.07, 6.45) is 0. The lowest BCUT2D eigenvalue weighted by atomic mass is 10.0. The summed E-state index contributed by atoms with van der Waals surface area (Å²) in [5.41, 5.74) is 5.61. The number of morpholine rings is 1. The first-order chi connectivity index (χ1) is 11.8. The zero-order valence-electron chi connectivity index (χ0n) is 13.5. The van der Waals surface area contributed by atoms with Crippen molar-refractivity contribution in [3.63, 3.8) is 0 Å². The van der Waals surface area contributed by atoms with Crippen molar-refractivity contribution in [3.05, 3.63) is 53.6 Å². The molecule has 2 aromatic rings. The van der Waals surface area contributed by atoms with Crippen molar-refractivity contribution in [3.8, 4) is 11.1 Å². The minimum atomic E-state index is -0.138. The summed E-state index contributed by atoms with van der Waals surface area (Å²) in [5.74, 6) is 0. The first-order valence-corrected chi connectivity index (χ1v) is 8.35. The highest BCUT2D eigenvalue weighted by Gasteiger charge is 2.14. The molecule has 0 bridgehead atoms. The third kappa shape index (κ3) is 3.27. The Morgan fingerprint density at radius 3 is 2.54 bits per heavy atom. The molecule has 0 aromatic heterocycles. The van der Waals surface area contributed by atoms with Gasteiger partial charge in [0.1, 0.15) is 0 Å². The van der Waals surface area contributed by atoms with Crippen LogP contribution >= 0.6 is 0 Å². The van der Waals surface area contributed by atoms with E-state index in [0.717, 1.165) is 55.2 Å². The van der Waals surface area contributed by atoms with Crippen molar-refractivity contribution in [1.29, 1.82) is 0 Å². The van der Waals surface area contributed by atoms with Crippen molar-refractivity contribution in [2.75, 3.05) is 31.6 Å². The number of nitrogens with one attached hydrogen (secondary N) is 2. The summed E-state index contributed by atoms with van der Waals surface area (Å²) in [5, 5.41) is 5.65. The van der Waals surface area contributed by atoms with Crippen LogP contribution in [0.15, 0.2) is 42.5 Å². The number of urea groups is 1. The lowest BCUT2D eigenvalue weighted by Gasteiger charge is -2.26. The molecular formula is C19H21N3O2. The Morgan fingerprint density at radius 2 is 1.75 bits per heavy atom. The van der Waals surface area contributed by atoms with Gasteiger partial charge < -0.3 is 15.4 Å². The molecule has 24 heavy (non-hydrogen) atoms. The SMILES string of the molecule is O=C1NCc2ccc(-c3ccc(CN4CCOCC4)cc3)cc2N1. The molecule has 2 aliphatic heterocycles. The third-order valence-electron chi connectivity index (χ3n) is 4.59. The predicted octanol–water partition coefficient (Wildman–Crippen LogP) is 2.82. The standard InChI is InChI=1S/C19H21N3O2/c23-19-20-12-17-6-5-16(11-18(17)21-19)15-3-1-14(2-4-15)13-22-7-9-24-10-8-22/h1-6,11H,7-10,12-13H2,(H2,20,21,23). The highest BCUT2D eigenvalue weighted by molar-refractivity contribution is 5.93. The number of rotatable bonds is 3. The van der Waals surface area contributed by atoms with Gasteiger partial charge in [0, 0.05) is 31.9 Å². The van der Waals surface area contributed by atoms with E-state index in [0.29, 0.717) is 6.54 Å². The maximum atomic E-state index is 11.5. The first-order valence-electron chi connectivity index (χ1n) is 8.35. The van der Waals surface area contributed by atoms with Gasteiger partial charge >= 0.3 is 6.03 Å². The molecule has 2 N–H and O–H groups in total. The molecule has 0 unspecified atom stereocenters. The maximum Gasteiger partial charge on any atom is 0.319 e. The number of ether oxygens (including phenoxy) is 1. The van der Waals surface area contributed by atoms with Crippen LogP contribution in [-0.2, 0) is 17.8 Å². The second-order valence-corrected chi connectivity index (χ2v) is 6.27. The van der Waals surface area contributed by atoms with Gasteiger partial charge in [-0.05, 0) is 28.3 Å². The number of amides is 2. The van der Waals surface area contributed by atoms with E-state index < -0.39 is 0 Å². The number of carbonyl (C=O) groups excluding carboxylic acids is 1. The average molecular weight is 323 g/mol. The van der Waals surface area contributed by atoms with Gasteiger partial charge in [-0.25, -0.2) is 4.79 Å². The summed E-state index contributed by atoms with van der Waals surface area (Å²) >= 11 is 0. The molecule has 2 aliphatic rings. The Labute approximate surface area is 141 Å². The van der Waals surface area contributed by atoms with Crippen LogP contribution < -0.4 is 10.6 Å². The van der Waals surface area contributed by atoms with Crippen LogP contribution in [0.4, 0.5) is 10.5 Å². The molecule has 1 saturated heterocycles. The quantitative estimate of drug-likeness (QED) is 0.913. The Balaban J connectivity index is 1.50. The smallest absolute Gasteiger partial charge is 0.319 e. The van der Waals surface area contributed by atoms with Gasteiger partial charge in [-0.3, -0.25) is 4.90 Å². The minimum absolute atomic E-state index is 0.138. The van der Waals surface area contributed by atoms with Gasteiger partial charge in [0.15, 0.2) is 0 Å². The molecule has 2 heterocycles. The molecule has 5 nitrogen and oxygen atoms in total. The molecule has 0 aliphatic carbocycles. The fourth-order valence-corrected chi connectivity index (χ4v) is 3.19. The van der Waals surface area contributed by atoms with Crippen LogP contribution in [0.2, 0.25) is 0 Å². The molecule has 1 fully saturated rings. The summed E-state index contributed by atoms with van der Waals surface area (Å²) < 4.78 is 5.39. The first kappa shape index (κ1) is 15.2. The second kappa shape index (κ2) is 6.63. The van der Waals surface area contributed by atoms with Gasteiger partial charge in [-0.1, -0.05) is 36.4 Å². The maximum absolute atomic E-state index is 11.5. The van der Waals surface area contributed by atoms with E-state index in [2.05, 4.69) is 51.9 Å².